The Kier molecular flexibility index (Phi) is 4.70. The molecule has 0 amide bonds. The van der Waals surface area contributed by atoms with Crippen LogP contribution in [0.25, 0.3) is 11.0 Å². The predicted octanol–water partition coefficient (Wildman–Crippen LogP) is 0.214. The van der Waals surface area contributed by atoms with Crippen LogP contribution >= 0.6 is 0 Å². The SMILES string of the molecule is C[C@@H]1CN(S(=O)(=O)CCNc2ncnc3c2cnn3C)C[C@H](C)O1. The molecule has 24 heavy (non-hydrogen) atoms. The Morgan fingerprint density at radius 1 is 1.29 bits per heavy atom. The van der Waals surface area contributed by atoms with Gasteiger partial charge in [0.05, 0.1) is 29.5 Å². The van der Waals surface area contributed by atoms with Crippen LogP contribution < -0.4 is 5.32 Å². The van der Waals surface area contributed by atoms with E-state index in [-0.39, 0.29) is 24.5 Å². The molecule has 1 saturated heterocycles. The molecule has 132 valence electrons. The molecule has 3 heterocycles. The maximum absolute atomic E-state index is 12.5. The van der Waals surface area contributed by atoms with E-state index in [0.29, 0.717) is 24.6 Å². The fourth-order valence-corrected chi connectivity index (χ4v) is 4.38. The van der Waals surface area contributed by atoms with Gasteiger partial charge in [0.1, 0.15) is 12.1 Å². The van der Waals surface area contributed by atoms with E-state index in [9.17, 15) is 8.42 Å². The number of hydrogen-bond acceptors (Lipinski definition) is 7. The number of hydrogen-bond donors (Lipinski definition) is 1. The van der Waals surface area contributed by atoms with Crippen LogP contribution in [0.2, 0.25) is 0 Å². The third-order valence-electron chi connectivity index (χ3n) is 3.96. The van der Waals surface area contributed by atoms with E-state index >= 15 is 0 Å². The van der Waals surface area contributed by atoms with Crippen molar-refractivity contribution in [3.8, 4) is 0 Å². The molecule has 1 N–H and O–H groups in total. The first kappa shape index (κ1) is 17.1. The van der Waals surface area contributed by atoms with Crippen molar-refractivity contribution in [3.05, 3.63) is 12.5 Å². The van der Waals surface area contributed by atoms with E-state index < -0.39 is 10.0 Å². The highest BCUT2D eigenvalue weighted by molar-refractivity contribution is 7.89. The summed E-state index contributed by atoms with van der Waals surface area (Å²) in [5, 5.41) is 7.98. The van der Waals surface area contributed by atoms with Gasteiger partial charge in [0.15, 0.2) is 5.65 Å². The van der Waals surface area contributed by atoms with Crippen molar-refractivity contribution in [3.63, 3.8) is 0 Å². The summed E-state index contributed by atoms with van der Waals surface area (Å²) < 4.78 is 33.8. The molecule has 1 fully saturated rings. The van der Waals surface area contributed by atoms with Crippen LogP contribution in [0.5, 0.6) is 0 Å². The van der Waals surface area contributed by atoms with E-state index in [1.165, 1.54) is 10.6 Å². The predicted molar refractivity (Wildman–Crippen MR) is 90.2 cm³/mol. The monoisotopic (exact) mass is 354 g/mol. The molecular weight excluding hydrogens is 332 g/mol. The summed E-state index contributed by atoms with van der Waals surface area (Å²) in [6, 6.07) is 0. The molecule has 2 aromatic rings. The molecule has 2 aromatic heterocycles. The van der Waals surface area contributed by atoms with Crippen LogP contribution in [0.4, 0.5) is 5.82 Å². The lowest BCUT2D eigenvalue weighted by Gasteiger charge is -2.34. The zero-order valence-corrected chi connectivity index (χ0v) is 14.8. The molecule has 0 aromatic carbocycles. The summed E-state index contributed by atoms with van der Waals surface area (Å²) in [5.41, 5.74) is 0.700. The standard InChI is InChI=1S/C14H22N6O3S/c1-10-7-20(8-11(2)23-10)24(21,22)5-4-15-13-12-6-18-19(3)14(12)17-9-16-13/h6,9-11H,4-5,7-8H2,1-3H3,(H,15,16,17)/t10-,11+. The Morgan fingerprint density at radius 2 is 2.00 bits per heavy atom. The van der Waals surface area contributed by atoms with Gasteiger partial charge in [0, 0.05) is 26.7 Å². The number of nitrogens with one attached hydrogen (secondary N) is 1. The highest BCUT2D eigenvalue weighted by Gasteiger charge is 2.30. The van der Waals surface area contributed by atoms with Gasteiger partial charge in [-0.15, -0.1) is 0 Å². The minimum absolute atomic E-state index is 0.00179. The van der Waals surface area contributed by atoms with Crippen molar-refractivity contribution < 1.29 is 13.2 Å². The van der Waals surface area contributed by atoms with Gasteiger partial charge >= 0.3 is 0 Å². The van der Waals surface area contributed by atoms with Gasteiger partial charge in [0.2, 0.25) is 10.0 Å². The van der Waals surface area contributed by atoms with Crippen molar-refractivity contribution in [1.82, 2.24) is 24.1 Å². The lowest BCUT2D eigenvalue weighted by atomic mass is 10.3. The lowest BCUT2D eigenvalue weighted by molar-refractivity contribution is -0.0440. The van der Waals surface area contributed by atoms with Gasteiger partial charge in [-0.1, -0.05) is 0 Å². The third-order valence-corrected chi connectivity index (χ3v) is 5.77. The molecule has 1 aliphatic rings. The number of morpholine rings is 1. The molecule has 1 aliphatic heterocycles. The first-order chi connectivity index (χ1) is 11.4. The second-order valence-electron chi connectivity index (χ2n) is 6.04. The van der Waals surface area contributed by atoms with Crippen LogP contribution in [0, 0.1) is 0 Å². The van der Waals surface area contributed by atoms with E-state index in [1.807, 2.05) is 13.8 Å². The summed E-state index contributed by atoms with van der Waals surface area (Å²) in [6.45, 7) is 4.83. The van der Waals surface area contributed by atoms with Crippen LogP contribution in [-0.2, 0) is 21.8 Å². The molecule has 0 aliphatic carbocycles. The normalized spacial score (nSPS) is 22.8. The molecule has 0 spiro atoms. The van der Waals surface area contributed by atoms with Crippen molar-refractivity contribution >= 4 is 26.9 Å². The van der Waals surface area contributed by atoms with Crippen molar-refractivity contribution in [2.45, 2.75) is 26.1 Å². The number of anilines is 1. The van der Waals surface area contributed by atoms with Gasteiger partial charge in [-0.2, -0.15) is 9.40 Å². The lowest BCUT2D eigenvalue weighted by Crippen LogP contribution is -2.49. The van der Waals surface area contributed by atoms with Crippen LogP contribution in [0.3, 0.4) is 0 Å². The molecule has 2 atom stereocenters. The quantitative estimate of drug-likeness (QED) is 0.819. The van der Waals surface area contributed by atoms with Crippen molar-refractivity contribution in [2.75, 3.05) is 30.7 Å². The van der Waals surface area contributed by atoms with Gasteiger partial charge in [-0.25, -0.2) is 18.4 Å². The van der Waals surface area contributed by atoms with Crippen molar-refractivity contribution in [2.24, 2.45) is 7.05 Å². The molecule has 3 rings (SSSR count). The van der Waals surface area contributed by atoms with Gasteiger partial charge in [0.25, 0.3) is 0 Å². The zero-order chi connectivity index (χ0) is 17.3. The number of aryl methyl sites for hydroxylation is 1. The first-order valence-corrected chi connectivity index (χ1v) is 9.47. The highest BCUT2D eigenvalue weighted by atomic mass is 32.2. The van der Waals surface area contributed by atoms with Gasteiger partial charge < -0.3 is 10.1 Å². The molecule has 0 saturated carbocycles. The smallest absolute Gasteiger partial charge is 0.216 e. The van der Waals surface area contributed by atoms with E-state index in [1.54, 1.807) is 17.9 Å². The van der Waals surface area contributed by atoms with E-state index in [4.69, 9.17) is 4.74 Å². The molecule has 10 heteroatoms. The Labute approximate surface area is 141 Å². The van der Waals surface area contributed by atoms with E-state index in [0.717, 1.165) is 5.39 Å². The number of aromatic nitrogens is 4. The molecule has 0 bridgehead atoms. The number of fused-ring (bicyclic) bond motifs is 1. The second-order valence-corrected chi connectivity index (χ2v) is 8.13. The summed E-state index contributed by atoms with van der Waals surface area (Å²) in [5.74, 6) is 0.588. The number of ether oxygens (including phenoxy) is 1. The average Bonchev–Trinajstić information content (AvgIpc) is 2.89. The Hall–Kier alpha value is -1.78. The van der Waals surface area contributed by atoms with Crippen LogP contribution in [0.15, 0.2) is 12.5 Å². The number of sulfonamides is 1. The topological polar surface area (TPSA) is 102 Å². The highest BCUT2D eigenvalue weighted by Crippen LogP contribution is 2.18. The maximum Gasteiger partial charge on any atom is 0.216 e. The number of rotatable bonds is 5. The van der Waals surface area contributed by atoms with Gasteiger partial charge in [-0.3, -0.25) is 4.68 Å². The maximum atomic E-state index is 12.5. The zero-order valence-electron chi connectivity index (χ0n) is 14.0. The Bertz CT molecular complexity index is 811. The van der Waals surface area contributed by atoms with Crippen LogP contribution in [0.1, 0.15) is 13.8 Å². The molecule has 0 radical (unpaired) electrons. The largest absolute Gasteiger partial charge is 0.373 e. The summed E-state index contributed by atoms with van der Waals surface area (Å²) >= 11 is 0. The summed E-state index contributed by atoms with van der Waals surface area (Å²) in [4.78, 5) is 8.33. The third kappa shape index (κ3) is 3.50. The Morgan fingerprint density at radius 3 is 2.71 bits per heavy atom. The second kappa shape index (κ2) is 6.61. The minimum Gasteiger partial charge on any atom is -0.373 e. The number of nitrogens with zero attached hydrogens (tertiary/aromatic N) is 5. The Balaban J connectivity index is 1.64. The summed E-state index contributed by atoms with van der Waals surface area (Å²) in [6.07, 6.45) is 2.92. The summed E-state index contributed by atoms with van der Waals surface area (Å²) in [7, 11) is -1.54. The molecule has 9 nitrogen and oxygen atoms in total. The fraction of sp³-hybridized carbons (Fsp3) is 0.643. The molecule has 0 unspecified atom stereocenters. The minimum atomic E-state index is -3.34. The fourth-order valence-electron chi connectivity index (χ4n) is 2.89. The van der Waals surface area contributed by atoms with Crippen molar-refractivity contribution in [1.29, 1.82) is 0 Å². The molecular formula is C14H22N6O3S. The van der Waals surface area contributed by atoms with E-state index in [2.05, 4.69) is 20.4 Å². The first-order valence-electron chi connectivity index (χ1n) is 7.86. The van der Waals surface area contributed by atoms with Gasteiger partial charge in [-0.05, 0) is 13.8 Å². The van der Waals surface area contributed by atoms with Crippen LogP contribution in [-0.4, -0.2) is 70.1 Å². The average molecular weight is 354 g/mol.